The maximum absolute atomic E-state index is 12.3. The van der Waals surface area contributed by atoms with Gasteiger partial charge in [-0.05, 0) is 39.0 Å². The van der Waals surface area contributed by atoms with Crippen LogP contribution in [0.5, 0.6) is 0 Å². The number of ether oxygens (including phenoxy) is 1. The van der Waals surface area contributed by atoms with Crippen molar-refractivity contribution in [3.05, 3.63) is 47.3 Å². The number of nitrogens with zero attached hydrogens (tertiary/aromatic N) is 2. The number of esters is 1. The van der Waals surface area contributed by atoms with Crippen molar-refractivity contribution in [2.24, 2.45) is 0 Å². The van der Waals surface area contributed by atoms with Crippen molar-refractivity contribution in [2.75, 3.05) is 12.4 Å². The summed E-state index contributed by atoms with van der Waals surface area (Å²) in [5.41, 5.74) is 3.49. The van der Waals surface area contributed by atoms with Crippen molar-refractivity contribution in [3.8, 4) is 0 Å². The molecule has 1 aromatic carbocycles. The van der Waals surface area contributed by atoms with Gasteiger partial charge in [-0.25, -0.2) is 4.98 Å². The molecule has 0 aliphatic rings. The van der Waals surface area contributed by atoms with E-state index in [1.807, 2.05) is 51.1 Å². The lowest BCUT2D eigenvalue weighted by molar-refractivity contribution is -0.139. The average molecular weight is 389 g/mol. The van der Waals surface area contributed by atoms with Crippen molar-refractivity contribution in [2.45, 2.75) is 31.7 Å². The largest absolute Gasteiger partial charge is 0.457 e. The number of thioether (sulfide) groups is 1. The molecule has 0 N–H and O–H groups in total. The van der Waals surface area contributed by atoms with Crippen LogP contribution in [0, 0.1) is 13.8 Å². The summed E-state index contributed by atoms with van der Waals surface area (Å²) in [6.07, 6.45) is 0. The van der Waals surface area contributed by atoms with E-state index in [9.17, 15) is 9.59 Å². The summed E-state index contributed by atoms with van der Waals surface area (Å²) in [6.45, 7) is 6.49. The molecule has 2 aromatic heterocycles. The molecule has 0 aliphatic heterocycles. The van der Waals surface area contributed by atoms with Crippen LogP contribution in [0.4, 0.5) is 0 Å². The third-order valence-electron chi connectivity index (χ3n) is 4.14. The highest BCUT2D eigenvalue weighted by atomic mass is 32.2. The van der Waals surface area contributed by atoms with Crippen molar-refractivity contribution >= 4 is 45.1 Å². The molecule has 0 aliphatic carbocycles. The lowest BCUT2D eigenvalue weighted by Gasteiger charge is -2.06. The van der Waals surface area contributed by atoms with Gasteiger partial charge in [0.15, 0.2) is 10.9 Å². The highest BCUT2D eigenvalue weighted by Crippen LogP contribution is 2.29. The van der Waals surface area contributed by atoms with Gasteiger partial charge in [-0.2, -0.15) is 0 Å². The van der Waals surface area contributed by atoms with E-state index in [0.717, 1.165) is 32.5 Å². The van der Waals surface area contributed by atoms with E-state index in [0.29, 0.717) is 5.56 Å². The first kappa shape index (κ1) is 18.7. The SMILES string of the molecule is CCn1c(C)cc(C(=O)COC(=O)CSc2nc3ccccc3s2)c1C. The van der Waals surface area contributed by atoms with E-state index >= 15 is 0 Å². The monoisotopic (exact) mass is 388 g/mol. The molecule has 3 rings (SSSR count). The first-order valence-electron chi connectivity index (χ1n) is 8.33. The number of carbonyl (C=O) groups excluding carboxylic acids is 2. The maximum atomic E-state index is 12.3. The Morgan fingerprint density at radius 1 is 1.27 bits per heavy atom. The summed E-state index contributed by atoms with van der Waals surface area (Å²) in [5, 5.41) is 0. The number of aromatic nitrogens is 2. The summed E-state index contributed by atoms with van der Waals surface area (Å²) in [7, 11) is 0. The van der Waals surface area contributed by atoms with Crippen LogP contribution < -0.4 is 0 Å². The number of fused-ring (bicyclic) bond motifs is 1. The number of ketones is 1. The molecule has 0 saturated carbocycles. The molecule has 0 unspecified atom stereocenters. The van der Waals surface area contributed by atoms with E-state index in [1.165, 1.54) is 11.8 Å². The minimum Gasteiger partial charge on any atom is -0.457 e. The minimum atomic E-state index is -0.410. The van der Waals surface area contributed by atoms with Crippen LogP contribution in [0.1, 0.15) is 28.7 Å². The lowest BCUT2D eigenvalue weighted by atomic mass is 10.1. The summed E-state index contributed by atoms with van der Waals surface area (Å²) >= 11 is 2.88. The van der Waals surface area contributed by atoms with Gasteiger partial charge in [0, 0.05) is 23.5 Å². The van der Waals surface area contributed by atoms with Gasteiger partial charge in [-0.15, -0.1) is 11.3 Å². The molecule has 2 heterocycles. The van der Waals surface area contributed by atoms with Gasteiger partial charge in [0.2, 0.25) is 5.78 Å². The summed E-state index contributed by atoms with van der Waals surface area (Å²) < 4.78 is 9.13. The summed E-state index contributed by atoms with van der Waals surface area (Å²) in [4.78, 5) is 28.8. The highest BCUT2D eigenvalue weighted by molar-refractivity contribution is 8.01. The second-order valence-electron chi connectivity index (χ2n) is 5.85. The predicted octanol–water partition coefficient (Wildman–Crippen LogP) is 4.25. The molecule has 0 saturated heterocycles. The van der Waals surface area contributed by atoms with Gasteiger partial charge in [0.25, 0.3) is 0 Å². The predicted molar refractivity (Wildman–Crippen MR) is 105 cm³/mol. The Kier molecular flexibility index (Phi) is 5.78. The molecule has 0 radical (unpaired) electrons. The van der Waals surface area contributed by atoms with Crippen molar-refractivity contribution in [1.82, 2.24) is 9.55 Å². The van der Waals surface area contributed by atoms with E-state index in [2.05, 4.69) is 9.55 Å². The second-order valence-corrected chi connectivity index (χ2v) is 8.10. The molecule has 0 spiro atoms. The smallest absolute Gasteiger partial charge is 0.316 e. The first-order valence-corrected chi connectivity index (χ1v) is 10.1. The highest BCUT2D eigenvalue weighted by Gasteiger charge is 2.17. The van der Waals surface area contributed by atoms with E-state index < -0.39 is 5.97 Å². The van der Waals surface area contributed by atoms with E-state index in [-0.39, 0.29) is 18.1 Å². The van der Waals surface area contributed by atoms with Gasteiger partial charge in [0.1, 0.15) is 0 Å². The molecule has 0 atom stereocenters. The lowest BCUT2D eigenvalue weighted by Crippen LogP contribution is -2.16. The third kappa shape index (κ3) is 3.99. The first-order chi connectivity index (χ1) is 12.5. The Bertz CT molecular complexity index is 926. The third-order valence-corrected chi connectivity index (χ3v) is 6.30. The number of para-hydroxylation sites is 1. The second kappa shape index (κ2) is 8.05. The van der Waals surface area contributed by atoms with Gasteiger partial charge < -0.3 is 9.30 Å². The zero-order valence-corrected chi connectivity index (χ0v) is 16.6. The number of carbonyl (C=O) groups is 2. The zero-order valence-electron chi connectivity index (χ0n) is 14.9. The number of hydrogen-bond acceptors (Lipinski definition) is 6. The van der Waals surface area contributed by atoms with Crippen LogP contribution in [0.25, 0.3) is 10.2 Å². The molecular formula is C19H20N2O3S2. The number of Topliss-reactive ketones (excluding diaryl/α,β-unsaturated/α-hetero) is 1. The molecule has 0 bridgehead atoms. The Balaban J connectivity index is 1.53. The van der Waals surface area contributed by atoms with Crippen LogP contribution in [0.2, 0.25) is 0 Å². The molecular weight excluding hydrogens is 368 g/mol. The Hall–Kier alpha value is -2.12. The van der Waals surface area contributed by atoms with Gasteiger partial charge >= 0.3 is 5.97 Å². The molecule has 5 nitrogen and oxygen atoms in total. The zero-order chi connectivity index (χ0) is 18.7. The maximum Gasteiger partial charge on any atom is 0.316 e. The normalized spacial score (nSPS) is 11.0. The van der Waals surface area contributed by atoms with Crippen molar-refractivity contribution in [1.29, 1.82) is 0 Å². The fraction of sp³-hybridized carbons (Fsp3) is 0.316. The summed E-state index contributed by atoms with van der Waals surface area (Å²) in [5.74, 6) is -0.441. The average Bonchev–Trinajstić information content (AvgIpc) is 3.17. The molecule has 26 heavy (non-hydrogen) atoms. The molecule has 136 valence electrons. The molecule has 3 aromatic rings. The number of thiazole rings is 1. The van der Waals surface area contributed by atoms with Crippen molar-refractivity contribution in [3.63, 3.8) is 0 Å². The Labute approximate surface area is 160 Å². The van der Waals surface area contributed by atoms with E-state index in [1.54, 1.807) is 11.3 Å². The molecule has 7 heteroatoms. The van der Waals surface area contributed by atoms with Crippen LogP contribution >= 0.6 is 23.1 Å². The van der Waals surface area contributed by atoms with Crippen molar-refractivity contribution < 1.29 is 14.3 Å². The van der Waals surface area contributed by atoms with Crippen LogP contribution in [-0.2, 0) is 16.1 Å². The Morgan fingerprint density at radius 3 is 2.73 bits per heavy atom. The number of rotatable bonds is 7. The fourth-order valence-corrected chi connectivity index (χ4v) is 4.74. The van der Waals surface area contributed by atoms with Gasteiger partial charge in [-0.3, -0.25) is 9.59 Å². The van der Waals surface area contributed by atoms with Gasteiger partial charge in [-0.1, -0.05) is 23.9 Å². The number of benzene rings is 1. The van der Waals surface area contributed by atoms with Gasteiger partial charge in [0.05, 0.1) is 16.0 Å². The van der Waals surface area contributed by atoms with Crippen LogP contribution in [0.15, 0.2) is 34.7 Å². The standard InChI is InChI=1S/C19H20N2O3S2/c1-4-21-12(2)9-14(13(21)3)16(22)10-24-18(23)11-25-19-20-15-7-5-6-8-17(15)26-19/h5-9H,4,10-11H2,1-3H3. The molecule has 0 amide bonds. The minimum absolute atomic E-state index is 0.140. The summed E-state index contributed by atoms with van der Waals surface area (Å²) in [6, 6.07) is 9.70. The Morgan fingerprint density at radius 2 is 2.04 bits per heavy atom. The van der Waals surface area contributed by atoms with Crippen LogP contribution in [0.3, 0.4) is 0 Å². The topological polar surface area (TPSA) is 61.2 Å². The molecule has 0 fully saturated rings. The quantitative estimate of drug-likeness (QED) is 0.344. The number of aryl methyl sites for hydroxylation is 1. The fourth-order valence-electron chi connectivity index (χ4n) is 2.87. The number of hydrogen-bond donors (Lipinski definition) is 0. The van der Waals surface area contributed by atoms with E-state index in [4.69, 9.17) is 4.74 Å². The van der Waals surface area contributed by atoms with Crippen LogP contribution in [-0.4, -0.2) is 33.7 Å².